The summed E-state index contributed by atoms with van der Waals surface area (Å²) in [5, 5.41) is 13.5. The molecule has 2 aromatic heterocycles. The van der Waals surface area contributed by atoms with Crippen molar-refractivity contribution in [3.8, 4) is 11.3 Å². The van der Waals surface area contributed by atoms with Crippen LogP contribution in [0.4, 0.5) is 11.6 Å². The van der Waals surface area contributed by atoms with Crippen molar-refractivity contribution >= 4 is 42.3 Å². The van der Waals surface area contributed by atoms with Gasteiger partial charge in [0.15, 0.2) is 5.65 Å². The maximum atomic E-state index is 6.36. The molecular formula is C30H40ClN7O2Si. The van der Waals surface area contributed by atoms with Crippen LogP contribution >= 0.6 is 11.6 Å². The maximum Gasteiger partial charge on any atom is 0.224 e. The SMILES string of the molecule is C[Si](C)(C)CCOCn1nc(-c2cccc(NCc3ccccc3Cl)c2)c2cnc(NCCN3CCOCC3)nc21. The Labute approximate surface area is 248 Å². The molecule has 0 bridgehead atoms. The number of nitrogens with zero attached hydrogens (tertiary/aromatic N) is 5. The molecule has 0 aliphatic carbocycles. The highest BCUT2D eigenvalue weighted by atomic mass is 35.5. The molecule has 4 aromatic rings. The summed E-state index contributed by atoms with van der Waals surface area (Å²) in [6.07, 6.45) is 1.87. The highest BCUT2D eigenvalue weighted by Gasteiger charge is 2.17. The van der Waals surface area contributed by atoms with E-state index in [4.69, 9.17) is 31.2 Å². The average molecular weight is 594 g/mol. The lowest BCUT2D eigenvalue weighted by Gasteiger charge is -2.26. The Morgan fingerprint density at radius 1 is 1.05 bits per heavy atom. The first-order chi connectivity index (χ1) is 19.9. The van der Waals surface area contributed by atoms with E-state index in [-0.39, 0.29) is 0 Å². The van der Waals surface area contributed by atoms with Gasteiger partial charge in [0.2, 0.25) is 5.95 Å². The number of rotatable bonds is 13. The second-order valence-electron chi connectivity index (χ2n) is 11.5. The number of halogens is 1. The van der Waals surface area contributed by atoms with Gasteiger partial charge < -0.3 is 20.1 Å². The van der Waals surface area contributed by atoms with Crippen molar-refractivity contribution in [2.75, 3.05) is 56.6 Å². The molecule has 2 N–H and O–H groups in total. The highest BCUT2D eigenvalue weighted by Crippen LogP contribution is 2.29. The highest BCUT2D eigenvalue weighted by molar-refractivity contribution is 6.76. The Bertz CT molecular complexity index is 1440. The van der Waals surface area contributed by atoms with Gasteiger partial charge in [0.25, 0.3) is 0 Å². The summed E-state index contributed by atoms with van der Waals surface area (Å²) >= 11 is 6.36. The van der Waals surface area contributed by atoms with Crippen molar-refractivity contribution in [3.63, 3.8) is 0 Å². The molecule has 5 rings (SSSR count). The third-order valence-corrected chi connectivity index (χ3v) is 9.16. The fraction of sp³-hybridized carbons (Fsp3) is 0.433. The second kappa shape index (κ2) is 13.8. The van der Waals surface area contributed by atoms with E-state index in [2.05, 4.69) is 52.3 Å². The molecule has 0 amide bonds. The quantitative estimate of drug-likeness (QED) is 0.148. The smallest absolute Gasteiger partial charge is 0.224 e. The number of hydrogen-bond donors (Lipinski definition) is 2. The van der Waals surface area contributed by atoms with Crippen molar-refractivity contribution in [2.45, 2.75) is 39.0 Å². The van der Waals surface area contributed by atoms with E-state index in [1.807, 2.05) is 47.3 Å². The number of fused-ring (bicyclic) bond motifs is 1. The van der Waals surface area contributed by atoms with Crippen molar-refractivity contribution < 1.29 is 9.47 Å². The molecule has 1 aliphatic heterocycles. The number of ether oxygens (including phenoxy) is 2. The van der Waals surface area contributed by atoms with Gasteiger partial charge in [-0.05, 0) is 29.8 Å². The van der Waals surface area contributed by atoms with Crippen LogP contribution in [0, 0.1) is 0 Å². The van der Waals surface area contributed by atoms with Crippen LogP contribution in [-0.2, 0) is 22.7 Å². The minimum Gasteiger partial charge on any atom is -0.381 e. The summed E-state index contributed by atoms with van der Waals surface area (Å²) in [7, 11) is -1.19. The van der Waals surface area contributed by atoms with E-state index in [1.54, 1.807) is 0 Å². The van der Waals surface area contributed by atoms with Crippen LogP contribution in [0.3, 0.4) is 0 Å². The minimum atomic E-state index is -1.19. The number of anilines is 2. The normalized spacial score (nSPS) is 14.4. The lowest BCUT2D eigenvalue weighted by Crippen LogP contribution is -2.39. The van der Waals surface area contributed by atoms with Gasteiger partial charge >= 0.3 is 0 Å². The zero-order chi connectivity index (χ0) is 28.7. The van der Waals surface area contributed by atoms with E-state index in [0.29, 0.717) is 25.8 Å². The Morgan fingerprint density at radius 2 is 1.88 bits per heavy atom. The zero-order valence-electron chi connectivity index (χ0n) is 24.2. The fourth-order valence-electron chi connectivity index (χ4n) is 4.64. The number of hydrogen-bond acceptors (Lipinski definition) is 8. The first-order valence-electron chi connectivity index (χ1n) is 14.3. The van der Waals surface area contributed by atoms with E-state index in [1.165, 1.54) is 0 Å². The molecule has 0 unspecified atom stereocenters. The number of morpholine rings is 1. The van der Waals surface area contributed by atoms with Crippen molar-refractivity contribution in [1.29, 1.82) is 0 Å². The predicted octanol–water partition coefficient (Wildman–Crippen LogP) is 5.82. The van der Waals surface area contributed by atoms with Crippen molar-refractivity contribution in [3.05, 3.63) is 65.3 Å². The lowest BCUT2D eigenvalue weighted by atomic mass is 10.1. The molecule has 0 atom stereocenters. The maximum absolute atomic E-state index is 6.36. The fourth-order valence-corrected chi connectivity index (χ4v) is 5.60. The standard InChI is InChI=1S/C30H40ClN7O2Si/c1-41(2,3)18-17-40-22-38-29-26(21-34-30(35-29)32-11-12-37-13-15-39-16-14-37)28(36-38)23-8-6-9-25(19-23)33-20-24-7-4-5-10-27(24)31/h4-10,19,21,33H,11-18,20,22H2,1-3H3,(H,32,34,35). The van der Waals surface area contributed by atoms with Gasteiger partial charge in [-0.3, -0.25) is 4.90 Å². The van der Waals surface area contributed by atoms with Crippen molar-refractivity contribution in [1.82, 2.24) is 24.6 Å². The first-order valence-corrected chi connectivity index (χ1v) is 18.4. The van der Waals surface area contributed by atoms with Gasteiger partial charge in [0, 0.05) is 69.9 Å². The monoisotopic (exact) mass is 593 g/mol. The van der Waals surface area contributed by atoms with Crippen LogP contribution in [0.1, 0.15) is 5.56 Å². The molecule has 1 saturated heterocycles. The summed E-state index contributed by atoms with van der Waals surface area (Å²) in [5.74, 6) is 0.593. The van der Waals surface area contributed by atoms with Crippen LogP contribution < -0.4 is 10.6 Å². The number of benzene rings is 2. The third kappa shape index (κ3) is 8.27. The van der Waals surface area contributed by atoms with E-state index < -0.39 is 8.07 Å². The van der Waals surface area contributed by atoms with Gasteiger partial charge in [-0.25, -0.2) is 9.67 Å². The molecule has 218 valence electrons. The third-order valence-electron chi connectivity index (χ3n) is 7.09. The molecule has 41 heavy (non-hydrogen) atoms. The molecule has 1 fully saturated rings. The van der Waals surface area contributed by atoms with Crippen LogP contribution in [0.15, 0.2) is 54.7 Å². The molecule has 3 heterocycles. The Morgan fingerprint density at radius 3 is 2.68 bits per heavy atom. The molecule has 11 heteroatoms. The van der Waals surface area contributed by atoms with Crippen LogP contribution in [-0.4, -0.2) is 78.7 Å². The summed E-state index contributed by atoms with van der Waals surface area (Å²) < 4.78 is 13.4. The second-order valence-corrected chi connectivity index (χ2v) is 17.6. The van der Waals surface area contributed by atoms with E-state index >= 15 is 0 Å². The molecule has 0 spiro atoms. The summed E-state index contributed by atoms with van der Waals surface area (Å²) in [4.78, 5) is 11.9. The van der Waals surface area contributed by atoms with Gasteiger partial charge in [0.05, 0.1) is 18.6 Å². The van der Waals surface area contributed by atoms with Gasteiger partial charge in [-0.15, -0.1) is 0 Å². The molecule has 1 aliphatic rings. The van der Waals surface area contributed by atoms with Gasteiger partial charge in [-0.2, -0.15) is 10.1 Å². The Balaban J connectivity index is 1.35. The molecule has 0 saturated carbocycles. The number of aromatic nitrogens is 4. The summed E-state index contributed by atoms with van der Waals surface area (Å²) in [6.45, 7) is 13.9. The Kier molecular flexibility index (Phi) is 9.89. The predicted molar refractivity (Wildman–Crippen MR) is 169 cm³/mol. The van der Waals surface area contributed by atoms with Crippen molar-refractivity contribution in [2.24, 2.45) is 0 Å². The number of nitrogens with one attached hydrogen (secondary N) is 2. The summed E-state index contributed by atoms with van der Waals surface area (Å²) in [5.41, 5.74) is 4.60. The van der Waals surface area contributed by atoms with Crippen LogP contribution in [0.5, 0.6) is 0 Å². The van der Waals surface area contributed by atoms with E-state index in [9.17, 15) is 0 Å². The Hall–Kier alpha value is -3.02. The topological polar surface area (TPSA) is 89.4 Å². The van der Waals surface area contributed by atoms with E-state index in [0.717, 1.165) is 84.0 Å². The summed E-state index contributed by atoms with van der Waals surface area (Å²) in [6, 6.07) is 17.2. The van der Waals surface area contributed by atoms with Gasteiger partial charge in [0.1, 0.15) is 12.4 Å². The zero-order valence-corrected chi connectivity index (χ0v) is 26.0. The molecule has 2 aromatic carbocycles. The average Bonchev–Trinajstić information content (AvgIpc) is 3.33. The largest absolute Gasteiger partial charge is 0.381 e. The van der Waals surface area contributed by atoms with Crippen LogP contribution in [0.25, 0.3) is 22.3 Å². The van der Waals surface area contributed by atoms with Crippen LogP contribution in [0.2, 0.25) is 30.7 Å². The molecule has 0 radical (unpaired) electrons. The minimum absolute atomic E-state index is 0.343. The first kappa shape index (κ1) is 29.5. The lowest BCUT2D eigenvalue weighted by molar-refractivity contribution is 0.0398. The molecule has 9 nitrogen and oxygen atoms in total. The molecular weight excluding hydrogens is 554 g/mol. The van der Waals surface area contributed by atoms with Gasteiger partial charge in [-0.1, -0.05) is 61.6 Å².